The van der Waals surface area contributed by atoms with Crippen LogP contribution in [0.5, 0.6) is 0 Å². The highest BCUT2D eigenvalue weighted by Gasteiger charge is 2.19. The highest BCUT2D eigenvalue weighted by atomic mass is 15.2. The number of hydrogen-bond donors (Lipinski definition) is 0. The van der Waals surface area contributed by atoms with Gasteiger partial charge in [0.1, 0.15) is 0 Å². The van der Waals surface area contributed by atoms with Gasteiger partial charge in [0.05, 0.1) is 0 Å². The third-order valence-corrected chi connectivity index (χ3v) is 5.46. The van der Waals surface area contributed by atoms with Crippen LogP contribution in [0.25, 0.3) is 0 Å². The largest absolute Gasteiger partial charge is 0.369 e. The maximum absolute atomic E-state index is 2.62. The monoisotopic (exact) mass is 315 g/mol. The summed E-state index contributed by atoms with van der Waals surface area (Å²) < 4.78 is 0. The SMILES string of the molecule is CC(C)N1CCCc2cc(CCCN3CCN(C)CC3)ccc21. The van der Waals surface area contributed by atoms with Gasteiger partial charge in [-0.15, -0.1) is 0 Å². The first-order chi connectivity index (χ1) is 11.1. The van der Waals surface area contributed by atoms with Gasteiger partial charge < -0.3 is 14.7 Å². The van der Waals surface area contributed by atoms with E-state index in [0.29, 0.717) is 6.04 Å². The summed E-state index contributed by atoms with van der Waals surface area (Å²) in [5, 5.41) is 0. The third kappa shape index (κ3) is 4.27. The summed E-state index contributed by atoms with van der Waals surface area (Å²) in [4.78, 5) is 7.62. The molecule has 3 rings (SSSR count). The van der Waals surface area contributed by atoms with Crippen LogP contribution in [0.2, 0.25) is 0 Å². The van der Waals surface area contributed by atoms with E-state index in [0.717, 1.165) is 0 Å². The van der Waals surface area contributed by atoms with Crippen molar-refractivity contribution in [3.63, 3.8) is 0 Å². The van der Waals surface area contributed by atoms with Crippen molar-refractivity contribution in [1.29, 1.82) is 0 Å². The predicted molar refractivity (Wildman–Crippen MR) is 99.5 cm³/mol. The Hall–Kier alpha value is -1.06. The van der Waals surface area contributed by atoms with Crippen LogP contribution in [0, 0.1) is 0 Å². The standard InChI is InChI=1S/C20H33N3/c1-17(2)23-11-5-7-19-16-18(8-9-20(19)23)6-4-10-22-14-12-21(3)13-15-22/h8-9,16-17H,4-7,10-15H2,1-3H3. The fourth-order valence-electron chi connectivity index (χ4n) is 3.95. The first-order valence-corrected chi connectivity index (χ1v) is 9.43. The number of nitrogens with zero attached hydrogens (tertiary/aromatic N) is 3. The van der Waals surface area contributed by atoms with Crippen LogP contribution in [-0.4, -0.2) is 62.2 Å². The normalized spacial score (nSPS) is 20.1. The molecule has 0 atom stereocenters. The van der Waals surface area contributed by atoms with Gasteiger partial charge in [-0.2, -0.15) is 0 Å². The fraction of sp³-hybridized carbons (Fsp3) is 0.700. The van der Waals surface area contributed by atoms with E-state index in [1.807, 2.05) is 0 Å². The van der Waals surface area contributed by atoms with Crippen LogP contribution in [0.4, 0.5) is 5.69 Å². The van der Waals surface area contributed by atoms with E-state index in [4.69, 9.17) is 0 Å². The van der Waals surface area contributed by atoms with Crippen LogP contribution < -0.4 is 4.90 Å². The van der Waals surface area contributed by atoms with E-state index in [2.05, 4.69) is 53.8 Å². The van der Waals surface area contributed by atoms with Gasteiger partial charge in [-0.05, 0) is 70.3 Å². The lowest BCUT2D eigenvalue weighted by atomic mass is 9.96. The number of anilines is 1. The Morgan fingerprint density at radius 1 is 1.04 bits per heavy atom. The number of aryl methyl sites for hydroxylation is 2. The van der Waals surface area contributed by atoms with Crippen LogP contribution in [-0.2, 0) is 12.8 Å². The van der Waals surface area contributed by atoms with E-state index in [9.17, 15) is 0 Å². The summed E-state index contributed by atoms with van der Waals surface area (Å²) in [6, 6.07) is 7.83. The molecule has 3 heteroatoms. The highest BCUT2D eigenvalue weighted by Crippen LogP contribution is 2.29. The smallest absolute Gasteiger partial charge is 0.0401 e. The zero-order valence-corrected chi connectivity index (χ0v) is 15.2. The minimum Gasteiger partial charge on any atom is -0.369 e. The minimum absolute atomic E-state index is 0.608. The highest BCUT2D eigenvalue weighted by molar-refractivity contribution is 5.57. The van der Waals surface area contributed by atoms with Crippen molar-refractivity contribution in [2.45, 2.75) is 45.6 Å². The predicted octanol–water partition coefficient (Wildman–Crippen LogP) is 3.03. The molecule has 3 nitrogen and oxygen atoms in total. The van der Waals surface area contributed by atoms with Gasteiger partial charge in [-0.3, -0.25) is 0 Å². The van der Waals surface area contributed by atoms with Gasteiger partial charge in [0.15, 0.2) is 0 Å². The second-order valence-electron chi connectivity index (χ2n) is 7.60. The molecule has 1 fully saturated rings. The van der Waals surface area contributed by atoms with Crippen molar-refractivity contribution in [1.82, 2.24) is 9.80 Å². The minimum atomic E-state index is 0.608. The number of fused-ring (bicyclic) bond motifs is 1. The van der Waals surface area contributed by atoms with Crippen LogP contribution in [0.15, 0.2) is 18.2 Å². The Kier molecular flexibility index (Phi) is 5.60. The molecule has 128 valence electrons. The average Bonchev–Trinajstić information content (AvgIpc) is 2.56. The van der Waals surface area contributed by atoms with Crippen LogP contribution in [0.1, 0.15) is 37.8 Å². The number of hydrogen-bond acceptors (Lipinski definition) is 3. The summed E-state index contributed by atoms with van der Waals surface area (Å²) in [5.41, 5.74) is 4.58. The molecule has 0 bridgehead atoms. The van der Waals surface area contributed by atoms with Crippen molar-refractivity contribution < 1.29 is 0 Å². The van der Waals surface area contributed by atoms with Crippen molar-refractivity contribution in [3.05, 3.63) is 29.3 Å². The Bertz CT molecular complexity index is 504. The van der Waals surface area contributed by atoms with Gasteiger partial charge in [-0.1, -0.05) is 12.1 Å². The molecule has 0 unspecified atom stereocenters. The van der Waals surface area contributed by atoms with E-state index >= 15 is 0 Å². The summed E-state index contributed by atoms with van der Waals surface area (Å²) in [6.45, 7) is 12.0. The van der Waals surface area contributed by atoms with Crippen LogP contribution >= 0.6 is 0 Å². The lowest BCUT2D eigenvalue weighted by Gasteiger charge is -2.35. The fourth-order valence-corrected chi connectivity index (χ4v) is 3.95. The molecule has 0 aromatic heterocycles. The molecule has 1 aromatic rings. The summed E-state index contributed by atoms with van der Waals surface area (Å²) in [5.74, 6) is 0. The molecule has 0 radical (unpaired) electrons. The molecule has 2 heterocycles. The summed E-state index contributed by atoms with van der Waals surface area (Å²) in [6.07, 6.45) is 5.07. The van der Waals surface area contributed by atoms with E-state index in [1.165, 1.54) is 76.2 Å². The van der Waals surface area contributed by atoms with Crippen LogP contribution in [0.3, 0.4) is 0 Å². The van der Waals surface area contributed by atoms with Crippen molar-refractivity contribution in [2.24, 2.45) is 0 Å². The maximum atomic E-state index is 2.62. The van der Waals surface area contributed by atoms with Crippen molar-refractivity contribution >= 4 is 5.69 Å². The Morgan fingerprint density at radius 2 is 1.83 bits per heavy atom. The molecule has 0 amide bonds. The van der Waals surface area contributed by atoms with E-state index in [1.54, 1.807) is 5.56 Å². The van der Waals surface area contributed by atoms with E-state index < -0.39 is 0 Å². The molecule has 0 N–H and O–H groups in total. The first-order valence-electron chi connectivity index (χ1n) is 9.43. The average molecular weight is 316 g/mol. The molecule has 1 saturated heterocycles. The number of piperazine rings is 1. The van der Waals surface area contributed by atoms with Gasteiger partial charge in [0.2, 0.25) is 0 Å². The Labute approximate surface area is 142 Å². The number of likely N-dealkylation sites (N-methyl/N-ethyl adjacent to an activating group) is 1. The summed E-state index contributed by atoms with van der Waals surface area (Å²) >= 11 is 0. The topological polar surface area (TPSA) is 9.72 Å². The third-order valence-electron chi connectivity index (χ3n) is 5.46. The zero-order chi connectivity index (χ0) is 16.2. The van der Waals surface area contributed by atoms with E-state index in [-0.39, 0.29) is 0 Å². The summed E-state index contributed by atoms with van der Waals surface area (Å²) in [7, 11) is 2.23. The quantitative estimate of drug-likeness (QED) is 0.827. The van der Waals surface area contributed by atoms with Gasteiger partial charge in [0.25, 0.3) is 0 Å². The molecule has 0 saturated carbocycles. The molecule has 0 aliphatic carbocycles. The lowest BCUT2D eigenvalue weighted by Crippen LogP contribution is -2.44. The second kappa shape index (κ2) is 7.67. The zero-order valence-electron chi connectivity index (χ0n) is 15.2. The van der Waals surface area contributed by atoms with Crippen molar-refractivity contribution in [2.75, 3.05) is 51.2 Å². The molecular weight excluding hydrogens is 282 g/mol. The first kappa shape index (κ1) is 16.8. The van der Waals surface area contributed by atoms with Gasteiger partial charge in [0, 0.05) is 44.5 Å². The molecule has 23 heavy (non-hydrogen) atoms. The molecule has 2 aliphatic heterocycles. The molecule has 2 aliphatic rings. The maximum Gasteiger partial charge on any atom is 0.0401 e. The Morgan fingerprint density at radius 3 is 2.57 bits per heavy atom. The van der Waals surface area contributed by atoms with Gasteiger partial charge >= 0.3 is 0 Å². The Balaban J connectivity index is 1.53. The lowest BCUT2D eigenvalue weighted by molar-refractivity contribution is 0.153. The second-order valence-corrected chi connectivity index (χ2v) is 7.60. The van der Waals surface area contributed by atoms with Crippen molar-refractivity contribution in [3.8, 4) is 0 Å². The molecular formula is C20H33N3. The molecule has 0 spiro atoms. The number of rotatable bonds is 5. The molecule has 1 aromatic carbocycles. The number of benzene rings is 1. The van der Waals surface area contributed by atoms with Gasteiger partial charge in [-0.25, -0.2) is 0 Å².